The highest BCUT2D eigenvalue weighted by Crippen LogP contribution is 2.25. The third-order valence-electron chi connectivity index (χ3n) is 3.94. The van der Waals surface area contributed by atoms with Gasteiger partial charge in [-0.25, -0.2) is 0 Å². The van der Waals surface area contributed by atoms with Crippen molar-refractivity contribution in [2.24, 2.45) is 5.92 Å². The summed E-state index contributed by atoms with van der Waals surface area (Å²) in [5.41, 5.74) is 0. The minimum Gasteiger partial charge on any atom is -0.393 e. The first kappa shape index (κ1) is 17.0. The van der Waals surface area contributed by atoms with Crippen molar-refractivity contribution < 1.29 is 14.7 Å². The van der Waals surface area contributed by atoms with Gasteiger partial charge in [0.2, 0.25) is 11.8 Å². The Morgan fingerprint density at radius 3 is 2.55 bits per heavy atom. The van der Waals surface area contributed by atoms with E-state index in [1.165, 1.54) is 19.3 Å². The van der Waals surface area contributed by atoms with Crippen LogP contribution in [0.15, 0.2) is 0 Å². The fourth-order valence-electron chi connectivity index (χ4n) is 2.54. The minimum atomic E-state index is -0.411. The van der Waals surface area contributed by atoms with Gasteiger partial charge in [0.15, 0.2) is 0 Å². The minimum absolute atomic E-state index is 0.0193. The summed E-state index contributed by atoms with van der Waals surface area (Å²) in [4.78, 5) is 25.1. The van der Waals surface area contributed by atoms with Gasteiger partial charge in [0.1, 0.15) is 0 Å². The molecule has 0 aromatic carbocycles. The zero-order valence-corrected chi connectivity index (χ0v) is 12.7. The van der Waals surface area contributed by atoms with Crippen LogP contribution in [-0.4, -0.2) is 48.1 Å². The molecule has 1 saturated carbocycles. The van der Waals surface area contributed by atoms with Gasteiger partial charge in [-0.1, -0.05) is 19.3 Å². The number of rotatable bonds is 7. The number of carbonyl (C=O) groups is 2. The molecule has 2 N–H and O–H groups in total. The lowest BCUT2D eigenvalue weighted by Crippen LogP contribution is -2.39. The molecule has 0 radical (unpaired) electrons. The van der Waals surface area contributed by atoms with Gasteiger partial charge in [-0.3, -0.25) is 9.59 Å². The summed E-state index contributed by atoms with van der Waals surface area (Å²) in [6, 6.07) is 0. The maximum absolute atomic E-state index is 11.8. The number of nitrogens with zero attached hydrogens (tertiary/aromatic N) is 1. The number of aliphatic hydroxyl groups is 1. The molecule has 116 valence electrons. The number of likely N-dealkylation sites (N-methyl/N-ethyl adjacent to an activating group) is 1. The molecule has 0 aromatic rings. The average Bonchev–Trinajstić information content (AvgIpc) is 2.43. The van der Waals surface area contributed by atoms with E-state index in [2.05, 4.69) is 5.32 Å². The maximum atomic E-state index is 11.8. The van der Waals surface area contributed by atoms with Gasteiger partial charge in [0, 0.05) is 20.0 Å². The van der Waals surface area contributed by atoms with Gasteiger partial charge in [-0.05, 0) is 32.1 Å². The van der Waals surface area contributed by atoms with Crippen molar-refractivity contribution >= 4 is 11.8 Å². The number of hydrogen-bond donors (Lipinski definition) is 2. The summed E-state index contributed by atoms with van der Waals surface area (Å²) in [6.45, 7) is 2.27. The largest absolute Gasteiger partial charge is 0.393 e. The summed E-state index contributed by atoms with van der Waals surface area (Å²) >= 11 is 0. The fraction of sp³-hybridized carbons (Fsp3) is 0.867. The van der Waals surface area contributed by atoms with E-state index >= 15 is 0 Å². The maximum Gasteiger partial charge on any atom is 0.241 e. The van der Waals surface area contributed by atoms with Gasteiger partial charge < -0.3 is 15.3 Å². The first-order chi connectivity index (χ1) is 9.49. The van der Waals surface area contributed by atoms with Gasteiger partial charge >= 0.3 is 0 Å². The Morgan fingerprint density at radius 2 is 1.95 bits per heavy atom. The number of nitrogens with one attached hydrogen (secondary N) is 1. The molecule has 5 heteroatoms. The molecule has 5 nitrogen and oxygen atoms in total. The molecule has 2 amide bonds. The summed E-state index contributed by atoms with van der Waals surface area (Å²) in [7, 11) is 1.69. The first-order valence-corrected chi connectivity index (χ1v) is 7.67. The van der Waals surface area contributed by atoms with Crippen molar-refractivity contribution in [3.63, 3.8) is 0 Å². The summed E-state index contributed by atoms with van der Waals surface area (Å²) in [5, 5.41) is 11.9. The van der Waals surface area contributed by atoms with Crippen molar-refractivity contribution in [3.05, 3.63) is 0 Å². The predicted molar refractivity (Wildman–Crippen MR) is 78.1 cm³/mol. The Kier molecular flexibility index (Phi) is 7.59. The number of carbonyl (C=O) groups excluding carboxylic acids is 2. The van der Waals surface area contributed by atoms with E-state index in [9.17, 15) is 14.7 Å². The Balaban J connectivity index is 2.17. The number of hydrogen-bond acceptors (Lipinski definition) is 3. The lowest BCUT2D eigenvalue weighted by molar-refractivity contribution is -0.132. The first-order valence-electron chi connectivity index (χ1n) is 7.67. The second kappa shape index (κ2) is 8.95. The number of amides is 2. The fourth-order valence-corrected chi connectivity index (χ4v) is 2.54. The zero-order valence-electron chi connectivity index (χ0n) is 12.7. The van der Waals surface area contributed by atoms with Crippen LogP contribution in [0.2, 0.25) is 0 Å². The van der Waals surface area contributed by atoms with Crippen LogP contribution in [0, 0.1) is 5.92 Å². The molecule has 0 aliphatic heterocycles. The molecule has 0 aromatic heterocycles. The quantitative estimate of drug-likeness (QED) is 0.740. The van der Waals surface area contributed by atoms with E-state index in [4.69, 9.17) is 0 Å². The molecule has 1 unspecified atom stereocenters. The van der Waals surface area contributed by atoms with Crippen LogP contribution in [0.4, 0.5) is 0 Å². The lowest BCUT2D eigenvalue weighted by Gasteiger charge is -2.21. The molecular weight excluding hydrogens is 256 g/mol. The van der Waals surface area contributed by atoms with Crippen LogP contribution in [0.1, 0.15) is 51.9 Å². The second-order valence-corrected chi connectivity index (χ2v) is 5.94. The van der Waals surface area contributed by atoms with Crippen molar-refractivity contribution in [2.45, 2.75) is 58.0 Å². The third kappa shape index (κ3) is 6.89. The SMILES string of the molecule is CC(O)CCN(C)C(=O)CNC(=O)CC1CCCCC1. The molecule has 1 aliphatic rings. The second-order valence-electron chi connectivity index (χ2n) is 5.94. The summed E-state index contributed by atoms with van der Waals surface area (Å²) in [5.74, 6) is 0.364. The monoisotopic (exact) mass is 284 g/mol. The van der Waals surface area contributed by atoms with Crippen LogP contribution in [0.25, 0.3) is 0 Å². The van der Waals surface area contributed by atoms with Crippen LogP contribution in [-0.2, 0) is 9.59 Å². The Hall–Kier alpha value is -1.10. The van der Waals surface area contributed by atoms with E-state index in [0.717, 1.165) is 12.8 Å². The van der Waals surface area contributed by atoms with Gasteiger partial charge in [-0.15, -0.1) is 0 Å². The molecule has 0 heterocycles. The van der Waals surface area contributed by atoms with E-state index in [1.807, 2.05) is 0 Å². The summed E-state index contributed by atoms with van der Waals surface area (Å²) < 4.78 is 0. The van der Waals surface area contributed by atoms with Crippen LogP contribution in [0.5, 0.6) is 0 Å². The smallest absolute Gasteiger partial charge is 0.241 e. The van der Waals surface area contributed by atoms with Crippen molar-refractivity contribution in [2.75, 3.05) is 20.1 Å². The highest BCUT2D eigenvalue weighted by Gasteiger charge is 2.18. The van der Waals surface area contributed by atoms with E-state index < -0.39 is 6.10 Å². The zero-order chi connectivity index (χ0) is 15.0. The topological polar surface area (TPSA) is 69.6 Å². The molecule has 0 saturated heterocycles. The van der Waals surface area contributed by atoms with Crippen molar-refractivity contribution in [3.8, 4) is 0 Å². The molecular formula is C15H28N2O3. The van der Waals surface area contributed by atoms with Gasteiger partial charge in [0.05, 0.1) is 12.6 Å². The van der Waals surface area contributed by atoms with Gasteiger partial charge in [-0.2, -0.15) is 0 Å². The molecule has 1 rings (SSSR count). The predicted octanol–water partition coefficient (Wildman–Crippen LogP) is 1.30. The summed E-state index contributed by atoms with van der Waals surface area (Å²) in [6.07, 6.45) is 6.68. The molecule has 0 spiro atoms. The Morgan fingerprint density at radius 1 is 1.30 bits per heavy atom. The molecule has 1 aliphatic carbocycles. The van der Waals surface area contributed by atoms with Crippen LogP contribution in [0.3, 0.4) is 0 Å². The van der Waals surface area contributed by atoms with Crippen LogP contribution < -0.4 is 5.32 Å². The standard InChI is InChI=1S/C15H28N2O3/c1-12(18)8-9-17(2)15(20)11-16-14(19)10-13-6-4-3-5-7-13/h12-13,18H,3-11H2,1-2H3,(H,16,19). The molecule has 1 atom stereocenters. The van der Waals surface area contributed by atoms with Gasteiger partial charge in [0.25, 0.3) is 0 Å². The lowest BCUT2D eigenvalue weighted by atomic mass is 9.87. The van der Waals surface area contributed by atoms with Crippen molar-refractivity contribution in [1.82, 2.24) is 10.2 Å². The molecule has 20 heavy (non-hydrogen) atoms. The van der Waals surface area contributed by atoms with Crippen molar-refractivity contribution in [1.29, 1.82) is 0 Å². The Bertz CT molecular complexity index is 312. The molecule has 1 fully saturated rings. The molecule has 0 bridgehead atoms. The number of aliphatic hydroxyl groups excluding tert-OH is 1. The van der Waals surface area contributed by atoms with E-state index in [1.54, 1.807) is 18.9 Å². The van der Waals surface area contributed by atoms with E-state index in [-0.39, 0.29) is 18.4 Å². The normalized spacial score (nSPS) is 17.6. The highest BCUT2D eigenvalue weighted by molar-refractivity contribution is 5.84. The highest BCUT2D eigenvalue weighted by atomic mass is 16.3. The third-order valence-corrected chi connectivity index (χ3v) is 3.94. The van der Waals surface area contributed by atoms with E-state index in [0.29, 0.717) is 25.3 Å². The Labute approximate surface area is 121 Å². The van der Waals surface area contributed by atoms with Crippen LogP contribution >= 0.6 is 0 Å². The average molecular weight is 284 g/mol.